The number of aromatic nitrogens is 3. The van der Waals surface area contributed by atoms with Crippen molar-refractivity contribution in [3.05, 3.63) is 53.7 Å². The van der Waals surface area contributed by atoms with Crippen molar-refractivity contribution in [1.82, 2.24) is 15.2 Å². The number of carbonyl (C=O) groups is 1. The molecule has 25 heavy (non-hydrogen) atoms. The number of hydrogen-bond donors (Lipinski definition) is 1. The number of aryl methyl sites for hydroxylation is 1. The molecule has 1 amide bonds. The van der Waals surface area contributed by atoms with E-state index in [1.54, 1.807) is 36.5 Å². The van der Waals surface area contributed by atoms with E-state index < -0.39 is 0 Å². The third-order valence-corrected chi connectivity index (χ3v) is 4.05. The maximum atomic E-state index is 11.9. The van der Waals surface area contributed by atoms with E-state index in [2.05, 4.69) is 20.5 Å². The Morgan fingerprint density at radius 1 is 1.12 bits per heavy atom. The van der Waals surface area contributed by atoms with Gasteiger partial charge in [0.25, 0.3) is 5.91 Å². The molecular weight excluding hydrogens is 340 g/mol. The lowest BCUT2D eigenvalue weighted by atomic mass is 10.3. The number of anilines is 1. The largest absolute Gasteiger partial charge is 0.484 e. The van der Waals surface area contributed by atoms with E-state index in [4.69, 9.17) is 9.47 Å². The normalized spacial score (nSPS) is 10.3. The summed E-state index contributed by atoms with van der Waals surface area (Å²) in [6, 6.07) is 12.4. The number of rotatable bonds is 7. The monoisotopic (exact) mass is 356 g/mol. The van der Waals surface area contributed by atoms with Crippen LogP contribution in [0.3, 0.4) is 0 Å². The van der Waals surface area contributed by atoms with Gasteiger partial charge in [0.1, 0.15) is 16.5 Å². The summed E-state index contributed by atoms with van der Waals surface area (Å²) in [7, 11) is 0. The molecule has 2 heterocycles. The molecule has 0 saturated carbocycles. The van der Waals surface area contributed by atoms with Crippen LogP contribution in [-0.2, 0) is 11.2 Å². The van der Waals surface area contributed by atoms with Gasteiger partial charge in [-0.3, -0.25) is 10.1 Å². The number of ether oxygens (including phenoxy) is 2. The first kappa shape index (κ1) is 16.8. The third-order valence-electron chi connectivity index (χ3n) is 3.07. The van der Waals surface area contributed by atoms with Crippen LogP contribution in [0.15, 0.2) is 48.7 Å². The van der Waals surface area contributed by atoms with Crippen molar-refractivity contribution >= 4 is 22.4 Å². The number of nitrogens with one attached hydrogen (secondary N) is 1. The van der Waals surface area contributed by atoms with Gasteiger partial charge in [0.15, 0.2) is 6.61 Å². The number of carbonyl (C=O) groups excluding carboxylic acids is 1. The van der Waals surface area contributed by atoms with Crippen molar-refractivity contribution in [3.8, 4) is 17.4 Å². The Hall–Kier alpha value is -3.00. The number of pyridine rings is 1. The van der Waals surface area contributed by atoms with Gasteiger partial charge in [0.2, 0.25) is 11.0 Å². The first-order valence-corrected chi connectivity index (χ1v) is 8.48. The van der Waals surface area contributed by atoms with Crippen molar-refractivity contribution < 1.29 is 14.3 Å². The molecule has 8 heteroatoms. The Balaban J connectivity index is 1.48. The molecule has 0 aliphatic rings. The number of amides is 1. The molecule has 1 N–H and O–H groups in total. The molecular formula is C17H16N4O3S. The Bertz CT molecular complexity index is 821. The van der Waals surface area contributed by atoms with Crippen molar-refractivity contribution in [1.29, 1.82) is 0 Å². The molecule has 0 bridgehead atoms. The quantitative estimate of drug-likeness (QED) is 0.699. The van der Waals surface area contributed by atoms with Gasteiger partial charge in [-0.05, 0) is 36.8 Å². The van der Waals surface area contributed by atoms with Crippen LogP contribution >= 0.6 is 11.3 Å². The highest BCUT2D eigenvalue weighted by atomic mass is 32.1. The number of hydrogen-bond acceptors (Lipinski definition) is 7. The van der Waals surface area contributed by atoms with Gasteiger partial charge in [-0.1, -0.05) is 24.3 Å². The average molecular weight is 356 g/mol. The summed E-state index contributed by atoms with van der Waals surface area (Å²) in [6.07, 6.45) is 2.45. The Kier molecular flexibility index (Phi) is 5.53. The maximum Gasteiger partial charge on any atom is 0.264 e. The van der Waals surface area contributed by atoms with Gasteiger partial charge in [-0.25, -0.2) is 4.98 Å². The third kappa shape index (κ3) is 4.98. The summed E-state index contributed by atoms with van der Waals surface area (Å²) in [6.45, 7) is 1.87. The molecule has 2 aromatic heterocycles. The van der Waals surface area contributed by atoms with Crippen molar-refractivity contribution in [3.63, 3.8) is 0 Å². The zero-order valence-electron chi connectivity index (χ0n) is 13.5. The van der Waals surface area contributed by atoms with Crippen LogP contribution in [-0.4, -0.2) is 27.7 Å². The van der Waals surface area contributed by atoms with Gasteiger partial charge >= 0.3 is 0 Å². The summed E-state index contributed by atoms with van der Waals surface area (Å²) < 4.78 is 11.0. The standard InChI is InChI=1S/C17H16N4O3S/c1-2-16-20-21-17(25-16)19-14(22)11-23-12-6-8-13(9-7-12)24-15-5-3-4-10-18-15/h3-10H,2,11H2,1H3,(H,19,21,22). The Labute approximate surface area is 148 Å². The fourth-order valence-electron chi connectivity index (χ4n) is 1.88. The second-order valence-corrected chi connectivity index (χ2v) is 5.99. The van der Waals surface area contributed by atoms with Crippen molar-refractivity contribution in [2.24, 2.45) is 0 Å². The molecule has 0 spiro atoms. The van der Waals surface area contributed by atoms with Crippen LogP contribution in [0.4, 0.5) is 5.13 Å². The first-order chi connectivity index (χ1) is 12.2. The summed E-state index contributed by atoms with van der Waals surface area (Å²) in [4.78, 5) is 15.9. The van der Waals surface area contributed by atoms with E-state index in [1.165, 1.54) is 11.3 Å². The van der Waals surface area contributed by atoms with Crippen LogP contribution in [0, 0.1) is 0 Å². The first-order valence-electron chi connectivity index (χ1n) is 7.67. The molecule has 7 nitrogen and oxygen atoms in total. The van der Waals surface area contributed by atoms with Gasteiger partial charge < -0.3 is 9.47 Å². The molecule has 0 radical (unpaired) electrons. The van der Waals surface area contributed by atoms with Crippen LogP contribution in [0.25, 0.3) is 0 Å². The van der Waals surface area contributed by atoms with E-state index in [1.807, 2.05) is 19.1 Å². The fourth-order valence-corrected chi connectivity index (χ4v) is 2.58. The number of benzene rings is 1. The van der Waals surface area contributed by atoms with E-state index in [-0.39, 0.29) is 12.5 Å². The predicted molar refractivity (Wildman–Crippen MR) is 94.2 cm³/mol. The SMILES string of the molecule is CCc1nnc(NC(=O)COc2ccc(Oc3ccccn3)cc2)s1. The van der Waals surface area contributed by atoms with Crippen LogP contribution in [0.5, 0.6) is 17.4 Å². The highest BCUT2D eigenvalue weighted by molar-refractivity contribution is 7.15. The molecule has 0 aliphatic carbocycles. The highest BCUT2D eigenvalue weighted by Crippen LogP contribution is 2.22. The van der Waals surface area contributed by atoms with Crippen molar-refractivity contribution in [2.75, 3.05) is 11.9 Å². The van der Waals surface area contributed by atoms with E-state index in [0.717, 1.165) is 11.4 Å². The van der Waals surface area contributed by atoms with Crippen LogP contribution in [0.2, 0.25) is 0 Å². The van der Waals surface area contributed by atoms with Gasteiger partial charge in [0.05, 0.1) is 0 Å². The van der Waals surface area contributed by atoms with E-state index in [0.29, 0.717) is 22.5 Å². The summed E-state index contributed by atoms with van der Waals surface area (Å²) >= 11 is 1.35. The zero-order chi connectivity index (χ0) is 17.5. The summed E-state index contributed by atoms with van der Waals surface area (Å²) in [5.74, 6) is 1.43. The second kappa shape index (κ2) is 8.20. The molecule has 0 aliphatic heterocycles. The molecule has 0 atom stereocenters. The van der Waals surface area contributed by atoms with Gasteiger partial charge in [-0.2, -0.15) is 0 Å². The molecule has 1 aromatic carbocycles. The van der Waals surface area contributed by atoms with E-state index in [9.17, 15) is 4.79 Å². The van der Waals surface area contributed by atoms with Crippen molar-refractivity contribution in [2.45, 2.75) is 13.3 Å². The molecule has 3 aromatic rings. The highest BCUT2D eigenvalue weighted by Gasteiger charge is 2.08. The fraction of sp³-hybridized carbons (Fsp3) is 0.176. The molecule has 3 rings (SSSR count). The minimum Gasteiger partial charge on any atom is -0.484 e. The zero-order valence-corrected chi connectivity index (χ0v) is 14.3. The van der Waals surface area contributed by atoms with Gasteiger partial charge in [-0.15, -0.1) is 10.2 Å². The molecule has 0 fully saturated rings. The molecule has 0 unspecified atom stereocenters. The predicted octanol–water partition coefficient (Wildman–Crippen LogP) is 3.31. The average Bonchev–Trinajstić information content (AvgIpc) is 3.09. The maximum absolute atomic E-state index is 11.9. The minimum atomic E-state index is -0.285. The lowest BCUT2D eigenvalue weighted by Gasteiger charge is -2.07. The topological polar surface area (TPSA) is 86.2 Å². The Morgan fingerprint density at radius 2 is 1.92 bits per heavy atom. The summed E-state index contributed by atoms with van der Waals surface area (Å²) in [5, 5.41) is 11.8. The summed E-state index contributed by atoms with van der Waals surface area (Å²) in [5.41, 5.74) is 0. The minimum absolute atomic E-state index is 0.110. The lowest BCUT2D eigenvalue weighted by molar-refractivity contribution is -0.118. The van der Waals surface area contributed by atoms with Crippen LogP contribution in [0.1, 0.15) is 11.9 Å². The Morgan fingerprint density at radius 3 is 2.60 bits per heavy atom. The smallest absolute Gasteiger partial charge is 0.264 e. The van der Waals surface area contributed by atoms with Crippen LogP contribution < -0.4 is 14.8 Å². The number of nitrogens with zero attached hydrogens (tertiary/aromatic N) is 3. The lowest BCUT2D eigenvalue weighted by Crippen LogP contribution is -2.20. The van der Waals surface area contributed by atoms with E-state index >= 15 is 0 Å². The molecule has 0 saturated heterocycles. The second-order valence-electron chi connectivity index (χ2n) is 4.93. The van der Waals surface area contributed by atoms with Gasteiger partial charge in [0, 0.05) is 12.3 Å². The molecule has 128 valence electrons.